The van der Waals surface area contributed by atoms with Crippen molar-refractivity contribution in [3.63, 3.8) is 0 Å². The molecule has 1 saturated heterocycles. The van der Waals surface area contributed by atoms with Crippen molar-refractivity contribution in [2.24, 2.45) is 0 Å². The minimum atomic E-state index is -1.27. The third-order valence-electron chi connectivity index (χ3n) is 5.37. The highest BCUT2D eigenvalue weighted by atomic mass is 32.2. The second-order valence-corrected chi connectivity index (χ2v) is 10.8. The van der Waals surface area contributed by atoms with Gasteiger partial charge in [0.1, 0.15) is 29.9 Å². The van der Waals surface area contributed by atoms with E-state index in [1.54, 1.807) is 29.6 Å². The second kappa shape index (κ2) is 11.8. The molecule has 37 heavy (non-hydrogen) atoms. The van der Waals surface area contributed by atoms with Crippen molar-refractivity contribution in [2.45, 2.75) is 22.5 Å². The van der Waals surface area contributed by atoms with E-state index in [0.717, 1.165) is 16.7 Å². The Morgan fingerprint density at radius 3 is 2.86 bits per heavy atom. The van der Waals surface area contributed by atoms with E-state index in [9.17, 15) is 29.5 Å². The summed E-state index contributed by atoms with van der Waals surface area (Å²) in [5.74, 6) is -1.97. The summed E-state index contributed by atoms with van der Waals surface area (Å²) in [5.41, 5.74) is 0.327. The van der Waals surface area contributed by atoms with Gasteiger partial charge in [0.2, 0.25) is 5.91 Å². The van der Waals surface area contributed by atoms with Gasteiger partial charge in [0, 0.05) is 34.7 Å². The zero-order chi connectivity index (χ0) is 26.5. The van der Waals surface area contributed by atoms with Gasteiger partial charge in [-0.15, -0.1) is 23.1 Å². The Morgan fingerprint density at radius 2 is 2.19 bits per heavy atom. The number of thiophene rings is 1. The lowest BCUT2D eigenvalue weighted by Gasteiger charge is -2.49. The number of rotatable bonds is 10. The summed E-state index contributed by atoms with van der Waals surface area (Å²) in [6.45, 7) is -0.0556. The number of carboxylic acid groups (broad SMARTS) is 1. The molecule has 0 saturated carbocycles. The van der Waals surface area contributed by atoms with Crippen LogP contribution in [0.4, 0.5) is 4.79 Å². The zero-order valence-electron chi connectivity index (χ0n) is 19.3. The molecule has 4 heterocycles. The van der Waals surface area contributed by atoms with Crippen molar-refractivity contribution >= 4 is 58.7 Å². The number of carbonyl (C=O) groups excluding carboxylic acids is 3. The fourth-order valence-electron chi connectivity index (χ4n) is 3.68. The minimum absolute atomic E-state index is 0.0556. The van der Waals surface area contributed by atoms with Crippen LogP contribution >= 0.6 is 34.9 Å². The van der Waals surface area contributed by atoms with Crippen LogP contribution < -0.4 is 20.8 Å². The lowest BCUT2D eigenvalue weighted by Crippen LogP contribution is -2.71. The lowest BCUT2D eigenvalue weighted by molar-refractivity contribution is -0.706. The number of hydrogen-bond acceptors (Lipinski definition) is 10. The molecule has 4 amide bonds. The lowest BCUT2D eigenvalue weighted by atomic mass is 10.0. The van der Waals surface area contributed by atoms with Crippen LogP contribution in [0.25, 0.3) is 0 Å². The SMILES string of the molecule is COCNC(=O)NC(C(=O)N[C@H]1C(=O)N2C(C(=O)O)=C(CSc3cccn[n+]3[O-])CSC12)c1cccs1. The van der Waals surface area contributed by atoms with E-state index in [1.807, 2.05) is 0 Å². The minimum Gasteiger partial charge on any atom is -0.593 e. The standard InChI is InChI=1S/C21H22N6O7S3/c1-34-10-22-21(32)25-14(12-4-3-7-35-12)17(28)24-15-18(29)26-16(20(30)31)11(9-37-19(15)26)8-36-13-5-2-6-23-27(13)33/h2-7,14-15,19H,8-10H2,1H3,(H,24,28)(H,30,31)(H2,22,25,32)/t14?,15-,19?/m0/s1. The Bertz CT molecular complexity index is 1220. The van der Waals surface area contributed by atoms with Crippen molar-refractivity contribution in [3.8, 4) is 0 Å². The molecule has 2 unspecified atom stereocenters. The molecule has 16 heteroatoms. The number of carbonyl (C=O) groups is 4. The number of hydrogen-bond donors (Lipinski definition) is 4. The maximum absolute atomic E-state index is 13.1. The van der Waals surface area contributed by atoms with Gasteiger partial charge in [0.25, 0.3) is 10.9 Å². The van der Waals surface area contributed by atoms with E-state index in [0.29, 0.717) is 26.1 Å². The van der Waals surface area contributed by atoms with Crippen molar-refractivity contribution < 1.29 is 33.9 Å². The summed E-state index contributed by atoms with van der Waals surface area (Å²) in [6, 6.07) is 3.92. The Morgan fingerprint density at radius 1 is 1.38 bits per heavy atom. The fourth-order valence-corrected chi connectivity index (χ4v) is 6.82. The highest BCUT2D eigenvalue weighted by Crippen LogP contribution is 2.41. The summed E-state index contributed by atoms with van der Waals surface area (Å²) < 4.78 is 4.80. The molecule has 0 spiro atoms. The number of nitrogens with one attached hydrogen (secondary N) is 3. The Labute approximate surface area is 223 Å². The third kappa shape index (κ3) is 5.82. The summed E-state index contributed by atoms with van der Waals surface area (Å²) in [7, 11) is 1.41. The second-order valence-electron chi connectivity index (χ2n) is 7.71. The van der Waals surface area contributed by atoms with Crippen molar-refractivity contribution in [2.75, 3.05) is 25.3 Å². The molecule has 0 bridgehead atoms. The molecule has 196 valence electrons. The van der Waals surface area contributed by atoms with Crippen LogP contribution in [0.2, 0.25) is 0 Å². The molecular formula is C21H22N6O7S3. The van der Waals surface area contributed by atoms with Gasteiger partial charge in [0.05, 0.1) is 6.20 Å². The predicted octanol–water partition coefficient (Wildman–Crippen LogP) is 0.252. The van der Waals surface area contributed by atoms with Crippen LogP contribution in [0.1, 0.15) is 10.9 Å². The normalized spacial score (nSPS) is 19.5. The van der Waals surface area contributed by atoms with Crippen LogP contribution in [0.15, 0.2) is 52.1 Å². The zero-order valence-corrected chi connectivity index (χ0v) is 21.7. The molecule has 2 aromatic heterocycles. The van der Waals surface area contributed by atoms with E-state index in [1.165, 1.54) is 36.4 Å². The van der Waals surface area contributed by atoms with Crippen LogP contribution in [-0.4, -0.2) is 75.7 Å². The number of amides is 4. The number of carboxylic acids is 1. The first kappa shape index (κ1) is 26.7. The molecule has 13 nitrogen and oxygen atoms in total. The topological polar surface area (TPSA) is 177 Å². The number of fused-ring (bicyclic) bond motifs is 1. The number of aliphatic carboxylic acids is 1. The molecule has 4 N–H and O–H groups in total. The smallest absolute Gasteiger partial charge is 0.352 e. The van der Waals surface area contributed by atoms with E-state index >= 15 is 0 Å². The first-order valence-corrected chi connectivity index (χ1v) is 13.7. The van der Waals surface area contributed by atoms with E-state index in [2.05, 4.69) is 21.0 Å². The van der Waals surface area contributed by atoms with E-state index in [-0.39, 0.29) is 18.2 Å². The molecule has 2 aliphatic rings. The third-order valence-corrected chi connectivity index (χ3v) is 8.73. The van der Waals surface area contributed by atoms with Crippen molar-refractivity contribution in [3.05, 3.63) is 57.2 Å². The van der Waals surface area contributed by atoms with E-state index in [4.69, 9.17) is 4.74 Å². The average molecular weight is 567 g/mol. The van der Waals surface area contributed by atoms with Crippen molar-refractivity contribution in [1.82, 2.24) is 25.9 Å². The fraction of sp³-hybridized carbons (Fsp3) is 0.333. The summed E-state index contributed by atoms with van der Waals surface area (Å²) in [4.78, 5) is 52.5. The maximum atomic E-state index is 13.1. The van der Waals surface area contributed by atoms with Crippen LogP contribution in [0, 0.1) is 5.21 Å². The van der Waals surface area contributed by atoms with Gasteiger partial charge in [0.15, 0.2) is 0 Å². The predicted molar refractivity (Wildman–Crippen MR) is 134 cm³/mol. The number of nitrogens with zero attached hydrogens (tertiary/aromatic N) is 3. The van der Waals surface area contributed by atoms with Crippen LogP contribution in [-0.2, 0) is 19.1 Å². The van der Waals surface area contributed by atoms with Gasteiger partial charge in [-0.3, -0.25) is 14.5 Å². The largest absolute Gasteiger partial charge is 0.593 e. The molecule has 3 atom stereocenters. The summed E-state index contributed by atoms with van der Waals surface area (Å²) in [6.07, 6.45) is 1.35. The highest BCUT2D eigenvalue weighted by molar-refractivity contribution is 8.01. The van der Waals surface area contributed by atoms with Crippen LogP contribution in [0.5, 0.6) is 0 Å². The first-order valence-electron chi connectivity index (χ1n) is 10.8. The summed E-state index contributed by atoms with van der Waals surface area (Å²) in [5, 5.41) is 34.4. The van der Waals surface area contributed by atoms with Gasteiger partial charge in [-0.05, 0) is 39.7 Å². The number of β-lactam (4-membered cyclic amide) rings is 1. The molecule has 4 rings (SSSR count). The van der Waals surface area contributed by atoms with Crippen molar-refractivity contribution in [1.29, 1.82) is 0 Å². The Balaban J connectivity index is 1.46. The Hall–Kier alpha value is -3.34. The molecule has 2 aliphatic heterocycles. The number of thioether (sulfide) groups is 2. The quantitative estimate of drug-likeness (QED) is 0.102. The molecule has 0 radical (unpaired) electrons. The Kier molecular flexibility index (Phi) is 8.52. The average Bonchev–Trinajstić information content (AvgIpc) is 3.42. The van der Waals surface area contributed by atoms with Gasteiger partial charge in [-0.1, -0.05) is 6.07 Å². The maximum Gasteiger partial charge on any atom is 0.352 e. The number of ether oxygens (including phenoxy) is 1. The van der Waals surface area contributed by atoms with E-state index < -0.39 is 41.3 Å². The molecule has 2 aromatic rings. The van der Waals surface area contributed by atoms with Crippen LogP contribution in [0.3, 0.4) is 0 Å². The molecule has 0 aromatic carbocycles. The number of urea groups is 1. The first-order chi connectivity index (χ1) is 17.8. The molecule has 0 aliphatic carbocycles. The number of methoxy groups -OCH3 is 1. The van der Waals surface area contributed by atoms with Gasteiger partial charge >= 0.3 is 12.0 Å². The molecule has 1 fully saturated rings. The highest BCUT2D eigenvalue weighted by Gasteiger charge is 2.54. The number of aromatic nitrogens is 2. The van der Waals surface area contributed by atoms with Gasteiger partial charge < -0.3 is 31.0 Å². The van der Waals surface area contributed by atoms with Gasteiger partial charge in [-0.25, -0.2) is 9.59 Å². The monoisotopic (exact) mass is 566 g/mol. The molecular weight excluding hydrogens is 544 g/mol. The van der Waals surface area contributed by atoms with Gasteiger partial charge in [-0.2, -0.15) is 0 Å². The summed E-state index contributed by atoms with van der Waals surface area (Å²) >= 11 is 3.69.